The van der Waals surface area contributed by atoms with Gasteiger partial charge in [0.1, 0.15) is 5.75 Å². The van der Waals surface area contributed by atoms with Gasteiger partial charge in [-0.15, -0.1) is 0 Å². The fourth-order valence-electron chi connectivity index (χ4n) is 0.557. The zero-order valence-electron chi connectivity index (χ0n) is 7.45. The van der Waals surface area contributed by atoms with E-state index in [-0.39, 0.29) is 0 Å². The minimum Gasteiger partial charge on any atom is -0.497 e. The molecule has 0 amide bonds. The van der Waals surface area contributed by atoms with Crippen LogP contribution in [0, 0.1) is 11.3 Å². The van der Waals surface area contributed by atoms with Crippen molar-refractivity contribution in [3.05, 3.63) is 30.3 Å². The molecule has 12 heavy (non-hydrogen) atoms. The van der Waals surface area contributed by atoms with Gasteiger partial charge in [-0.2, -0.15) is 5.26 Å². The number of hydrogen-bond donors (Lipinski definition) is 0. The molecule has 1 aromatic carbocycles. The van der Waals surface area contributed by atoms with Crippen LogP contribution < -0.4 is 4.74 Å². The molecule has 2 nitrogen and oxygen atoms in total. The van der Waals surface area contributed by atoms with Crippen LogP contribution >= 0.6 is 0 Å². The number of methoxy groups -OCH3 is 1. The maximum absolute atomic E-state index is 7.62. The van der Waals surface area contributed by atoms with E-state index in [4.69, 9.17) is 10.00 Å². The number of nitrogens with zero attached hydrogens (tertiary/aromatic N) is 1. The first-order valence-corrected chi connectivity index (χ1v) is 3.81. The molecule has 0 aromatic heterocycles. The zero-order chi connectivity index (χ0) is 9.23. The largest absolute Gasteiger partial charge is 0.497 e. The average molecular weight is 163 g/mol. The number of para-hydroxylation sites is 1. The SMILES string of the molecule is CCC#N.COc1ccccc1. The van der Waals surface area contributed by atoms with Crippen LogP contribution in [0.3, 0.4) is 0 Å². The molecule has 1 rings (SSSR count). The Morgan fingerprint density at radius 2 is 1.83 bits per heavy atom. The number of benzene rings is 1. The monoisotopic (exact) mass is 163 g/mol. The van der Waals surface area contributed by atoms with Gasteiger partial charge in [0.25, 0.3) is 0 Å². The molecule has 0 aliphatic carbocycles. The van der Waals surface area contributed by atoms with Gasteiger partial charge < -0.3 is 4.74 Å². The van der Waals surface area contributed by atoms with Gasteiger partial charge in [-0.25, -0.2) is 0 Å². The predicted molar refractivity (Wildman–Crippen MR) is 48.9 cm³/mol. The fourth-order valence-corrected chi connectivity index (χ4v) is 0.557. The third kappa shape index (κ3) is 5.31. The minimum absolute atomic E-state index is 0.625. The molecule has 0 fully saturated rings. The van der Waals surface area contributed by atoms with Gasteiger partial charge in [0.2, 0.25) is 0 Å². The van der Waals surface area contributed by atoms with E-state index in [1.54, 1.807) is 7.11 Å². The highest BCUT2D eigenvalue weighted by atomic mass is 16.5. The van der Waals surface area contributed by atoms with E-state index in [1.807, 2.05) is 43.3 Å². The Bertz CT molecular complexity index is 225. The lowest BCUT2D eigenvalue weighted by molar-refractivity contribution is 0.415. The van der Waals surface area contributed by atoms with Crippen LogP contribution in [0.5, 0.6) is 5.75 Å². The van der Waals surface area contributed by atoms with Gasteiger partial charge in [-0.1, -0.05) is 25.1 Å². The average Bonchev–Trinajstić information content (AvgIpc) is 2.19. The summed E-state index contributed by atoms with van der Waals surface area (Å²) in [7, 11) is 1.66. The molecule has 64 valence electrons. The smallest absolute Gasteiger partial charge is 0.118 e. The summed E-state index contributed by atoms with van der Waals surface area (Å²) in [6.45, 7) is 1.82. The lowest BCUT2D eigenvalue weighted by Gasteiger charge is -1.93. The molecule has 2 heteroatoms. The Hall–Kier alpha value is -1.49. The topological polar surface area (TPSA) is 33.0 Å². The molecular formula is C10H13NO. The van der Waals surface area contributed by atoms with Crippen molar-refractivity contribution in [2.45, 2.75) is 13.3 Å². The van der Waals surface area contributed by atoms with E-state index in [1.165, 1.54) is 0 Å². The molecule has 0 bridgehead atoms. The van der Waals surface area contributed by atoms with Crippen molar-refractivity contribution in [3.8, 4) is 11.8 Å². The Kier molecular flexibility index (Phi) is 6.67. The third-order valence-corrected chi connectivity index (χ3v) is 1.14. The highest BCUT2D eigenvalue weighted by molar-refractivity contribution is 5.20. The van der Waals surface area contributed by atoms with Crippen molar-refractivity contribution in [2.75, 3.05) is 7.11 Å². The molecular weight excluding hydrogens is 150 g/mol. The van der Waals surface area contributed by atoms with Crippen molar-refractivity contribution in [3.63, 3.8) is 0 Å². The number of nitriles is 1. The summed E-state index contributed by atoms with van der Waals surface area (Å²) in [5.74, 6) is 0.910. The van der Waals surface area contributed by atoms with E-state index in [2.05, 4.69) is 0 Å². The lowest BCUT2D eigenvalue weighted by atomic mass is 10.3. The molecule has 0 radical (unpaired) electrons. The van der Waals surface area contributed by atoms with Crippen LogP contribution in [0.4, 0.5) is 0 Å². The molecule has 0 N–H and O–H groups in total. The Balaban J connectivity index is 0.000000261. The van der Waals surface area contributed by atoms with Crippen molar-refractivity contribution in [1.29, 1.82) is 5.26 Å². The van der Waals surface area contributed by atoms with E-state index in [0.717, 1.165) is 5.75 Å². The van der Waals surface area contributed by atoms with Crippen LogP contribution in [-0.4, -0.2) is 7.11 Å². The van der Waals surface area contributed by atoms with Crippen LogP contribution in [0.1, 0.15) is 13.3 Å². The second-order valence-corrected chi connectivity index (χ2v) is 2.03. The van der Waals surface area contributed by atoms with Crippen LogP contribution in [-0.2, 0) is 0 Å². The van der Waals surface area contributed by atoms with Crippen molar-refractivity contribution < 1.29 is 4.74 Å². The molecule has 1 aromatic rings. The van der Waals surface area contributed by atoms with Crippen molar-refractivity contribution in [1.82, 2.24) is 0 Å². The fraction of sp³-hybridized carbons (Fsp3) is 0.300. The van der Waals surface area contributed by atoms with E-state index >= 15 is 0 Å². The summed E-state index contributed by atoms with van der Waals surface area (Å²) in [6, 6.07) is 11.6. The van der Waals surface area contributed by atoms with Gasteiger partial charge >= 0.3 is 0 Å². The zero-order valence-corrected chi connectivity index (χ0v) is 7.45. The maximum Gasteiger partial charge on any atom is 0.118 e. The quantitative estimate of drug-likeness (QED) is 0.637. The summed E-state index contributed by atoms with van der Waals surface area (Å²) in [4.78, 5) is 0. The van der Waals surface area contributed by atoms with Gasteiger partial charge in [-0.3, -0.25) is 0 Å². The normalized spacial score (nSPS) is 7.42. The minimum atomic E-state index is 0.625. The summed E-state index contributed by atoms with van der Waals surface area (Å²) >= 11 is 0. The van der Waals surface area contributed by atoms with Gasteiger partial charge in [-0.05, 0) is 12.1 Å². The predicted octanol–water partition coefficient (Wildman–Crippen LogP) is 2.62. The lowest BCUT2D eigenvalue weighted by Crippen LogP contribution is -1.78. The molecule has 0 aliphatic heterocycles. The maximum atomic E-state index is 7.62. The number of rotatable bonds is 1. The third-order valence-electron chi connectivity index (χ3n) is 1.14. The highest BCUT2D eigenvalue weighted by Gasteiger charge is 1.80. The Morgan fingerprint density at radius 1 is 1.33 bits per heavy atom. The standard InChI is InChI=1S/C7H8O.C3H5N/c1-8-7-5-3-2-4-6-7;1-2-3-4/h2-6H,1H3;2H2,1H3. The summed E-state index contributed by atoms with van der Waals surface area (Å²) < 4.78 is 4.91. The molecule has 0 saturated carbocycles. The van der Waals surface area contributed by atoms with E-state index in [0.29, 0.717) is 6.42 Å². The first kappa shape index (κ1) is 10.5. The molecule has 0 spiro atoms. The summed E-state index contributed by atoms with van der Waals surface area (Å²) in [5.41, 5.74) is 0. The van der Waals surface area contributed by atoms with Gasteiger partial charge in [0.05, 0.1) is 13.2 Å². The first-order chi connectivity index (χ1) is 5.85. The van der Waals surface area contributed by atoms with Gasteiger partial charge in [0.15, 0.2) is 0 Å². The molecule has 0 saturated heterocycles. The second kappa shape index (κ2) is 7.62. The van der Waals surface area contributed by atoms with Crippen molar-refractivity contribution >= 4 is 0 Å². The molecule has 0 aliphatic rings. The van der Waals surface area contributed by atoms with Crippen LogP contribution in [0.15, 0.2) is 30.3 Å². The van der Waals surface area contributed by atoms with Crippen LogP contribution in [0.2, 0.25) is 0 Å². The van der Waals surface area contributed by atoms with Crippen LogP contribution in [0.25, 0.3) is 0 Å². The van der Waals surface area contributed by atoms with Crippen molar-refractivity contribution in [2.24, 2.45) is 0 Å². The number of ether oxygens (including phenoxy) is 1. The first-order valence-electron chi connectivity index (χ1n) is 3.81. The Morgan fingerprint density at radius 3 is 2.08 bits per heavy atom. The second-order valence-electron chi connectivity index (χ2n) is 2.03. The van der Waals surface area contributed by atoms with Gasteiger partial charge in [0, 0.05) is 6.42 Å². The Labute approximate surface area is 73.4 Å². The summed E-state index contributed by atoms with van der Waals surface area (Å²) in [6.07, 6.45) is 0.625. The molecule has 0 unspecified atom stereocenters. The molecule has 0 heterocycles. The highest BCUT2D eigenvalue weighted by Crippen LogP contribution is 2.05. The summed E-state index contributed by atoms with van der Waals surface area (Å²) in [5, 5.41) is 7.62. The number of hydrogen-bond acceptors (Lipinski definition) is 2. The molecule has 0 atom stereocenters. The van der Waals surface area contributed by atoms with E-state index < -0.39 is 0 Å². The van der Waals surface area contributed by atoms with E-state index in [9.17, 15) is 0 Å².